The summed E-state index contributed by atoms with van der Waals surface area (Å²) in [5, 5.41) is 0. The number of nitrogens with zero attached hydrogens (tertiary/aromatic N) is 1. The van der Waals surface area contributed by atoms with Gasteiger partial charge in [-0.2, -0.15) is 0 Å². The third-order valence-electron chi connectivity index (χ3n) is 3.27. The molecule has 2 aliphatic rings. The highest BCUT2D eigenvalue weighted by molar-refractivity contribution is 5.93. The van der Waals surface area contributed by atoms with E-state index in [2.05, 4.69) is 0 Å². The Morgan fingerprint density at radius 3 is 2.93 bits per heavy atom. The molecule has 0 amide bonds. The Bertz CT molecular complexity index is 335. The molecule has 0 aromatic carbocycles. The van der Waals surface area contributed by atoms with Crippen molar-refractivity contribution in [2.75, 3.05) is 20.7 Å². The molecule has 1 fully saturated rings. The van der Waals surface area contributed by atoms with E-state index in [9.17, 15) is 9.59 Å². The van der Waals surface area contributed by atoms with Crippen molar-refractivity contribution in [3.63, 3.8) is 0 Å². The van der Waals surface area contributed by atoms with Crippen molar-refractivity contribution < 1.29 is 14.3 Å². The van der Waals surface area contributed by atoms with E-state index in [1.165, 1.54) is 7.11 Å². The fourth-order valence-electron chi connectivity index (χ4n) is 2.53. The third-order valence-corrected chi connectivity index (χ3v) is 3.27. The maximum Gasteiger partial charge on any atom is 0.335 e. The summed E-state index contributed by atoms with van der Waals surface area (Å²) in [4.78, 5) is 25.0. The first-order valence-corrected chi connectivity index (χ1v) is 5.16. The number of methoxy groups -OCH3 is 1. The molecule has 0 saturated heterocycles. The van der Waals surface area contributed by atoms with Gasteiger partial charge in [0.05, 0.1) is 12.7 Å². The monoisotopic (exact) mass is 209 g/mol. The van der Waals surface area contributed by atoms with Crippen LogP contribution in [0, 0.1) is 11.8 Å². The average Bonchev–Trinajstić information content (AvgIpc) is 2.58. The second-order valence-electron chi connectivity index (χ2n) is 4.23. The van der Waals surface area contributed by atoms with E-state index < -0.39 is 0 Å². The van der Waals surface area contributed by atoms with Gasteiger partial charge in [0.2, 0.25) is 0 Å². The van der Waals surface area contributed by atoms with E-state index in [0.717, 1.165) is 13.0 Å². The second-order valence-corrected chi connectivity index (χ2v) is 4.23. The maximum absolute atomic E-state index is 11.6. The molecule has 4 nitrogen and oxygen atoms in total. The van der Waals surface area contributed by atoms with Gasteiger partial charge >= 0.3 is 5.97 Å². The summed E-state index contributed by atoms with van der Waals surface area (Å²) in [7, 11) is 3.26. The normalized spacial score (nSPS) is 29.9. The molecule has 1 saturated carbocycles. The number of ether oxygens (including phenoxy) is 1. The van der Waals surface area contributed by atoms with Gasteiger partial charge in [-0.15, -0.1) is 0 Å². The molecule has 2 atom stereocenters. The fraction of sp³-hybridized carbons (Fsp3) is 0.636. The molecule has 0 spiro atoms. The number of carbonyl (C=O) groups is 2. The SMILES string of the molecule is COC(=O)C1=CN(C)C[C@H]2C(=O)CC[C@@H]12. The van der Waals surface area contributed by atoms with Crippen molar-refractivity contribution >= 4 is 11.8 Å². The van der Waals surface area contributed by atoms with Crippen molar-refractivity contribution in [1.82, 2.24) is 4.90 Å². The van der Waals surface area contributed by atoms with E-state index in [0.29, 0.717) is 12.0 Å². The summed E-state index contributed by atoms with van der Waals surface area (Å²) in [6.45, 7) is 0.726. The summed E-state index contributed by atoms with van der Waals surface area (Å²) in [6, 6.07) is 0. The molecule has 0 unspecified atom stereocenters. The molecular formula is C11H15NO3. The van der Waals surface area contributed by atoms with Gasteiger partial charge in [0.25, 0.3) is 0 Å². The lowest BCUT2D eigenvalue weighted by atomic mass is 9.86. The lowest BCUT2D eigenvalue weighted by Gasteiger charge is -2.30. The minimum absolute atomic E-state index is 0.00546. The fourth-order valence-corrected chi connectivity index (χ4v) is 2.53. The number of ketones is 1. The molecular weight excluding hydrogens is 194 g/mol. The molecule has 15 heavy (non-hydrogen) atoms. The summed E-state index contributed by atoms with van der Waals surface area (Å²) < 4.78 is 4.74. The number of esters is 1. The Hall–Kier alpha value is -1.32. The topological polar surface area (TPSA) is 46.6 Å². The minimum atomic E-state index is -0.300. The van der Waals surface area contributed by atoms with Gasteiger partial charge in [-0.3, -0.25) is 4.79 Å². The number of rotatable bonds is 1. The Morgan fingerprint density at radius 1 is 1.53 bits per heavy atom. The number of carbonyl (C=O) groups excluding carboxylic acids is 2. The summed E-state index contributed by atoms with van der Waals surface area (Å²) >= 11 is 0. The van der Waals surface area contributed by atoms with Crippen LogP contribution in [0.5, 0.6) is 0 Å². The first-order valence-electron chi connectivity index (χ1n) is 5.16. The molecule has 0 aromatic rings. The molecule has 0 aromatic heterocycles. The molecule has 0 radical (unpaired) electrons. The van der Waals surface area contributed by atoms with Crippen LogP contribution >= 0.6 is 0 Å². The van der Waals surface area contributed by atoms with Gasteiger partial charge < -0.3 is 9.64 Å². The molecule has 4 heteroatoms. The number of Topliss-reactive ketones (excluding diaryl/α,β-unsaturated/α-hetero) is 1. The van der Waals surface area contributed by atoms with Crippen molar-refractivity contribution in [1.29, 1.82) is 0 Å². The molecule has 1 heterocycles. The molecule has 0 bridgehead atoms. The Morgan fingerprint density at radius 2 is 2.27 bits per heavy atom. The van der Waals surface area contributed by atoms with Crippen LogP contribution < -0.4 is 0 Å². The van der Waals surface area contributed by atoms with Crippen LogP contribution in [0.2, 0.25) is 0 Å². The van der Waals surface area contributed by atoms with Crippen LogP contribution in [0.25, 0.3) is 0 Å². The summed E-state index contributed by atoms with van der Waals surface area (Å²) in [5.41, 5.74) is 0.655. The highest BCUT2D eigenvalue weighted by Crippen LogP contribution is 2.38. The third kappa shape index (κ3) is 1.64. The van der Waals surface area contributed by atoms with Crippen LogP contribution in [0.15, 0.2) is 11.8 Å². The van der Waals surface area contributed by atoms with E-state index in [1.807, 2.05) is 18.1 Å². The van der Waals surface area contributed by atoms with Crippen molar-refractivity contribution in [3.8, 4) is 0 Å². The largest absolute Gasteiger partial charge is 0.466 e. The quantitative estimate of drug-likeness (QED) is 0.593. The number of hydrogen-bond donors (Lipinski definition) is 0. The lowest BCUT2D eigenvalue weighted by Crippen LogP contribution is -2.36. The maximum atomic E-state index is 11.6. The zero-order valence-electron chi connectivity index (χ0n) is 9.03. The highest BCUT2D eigenvalue weighted by Gasteiger charge is 2.42. The first kappa shape index (κ1) is 10.2. The molecule has 2 rings (SSSR count). The van der Waals surface area contributed by atoms with Gasteiger partial charge in [-0.05, 0) is 6.42 Å². The zero-order chi connectivity index (χ0) is 11.0. The number of hydrogen-bond acceptors (Lipinski definition) is 4. The van der Waals surface area contributed by atoms with Crippen LogP contribution in [0.3, 0.4) is 0 Å². The van der Waals surface area contributed by atoms with E-state index in [4.69, 9.17) is 4.74 Å². The zero-order valence-corrected chi connectivity index (χ0v) is 9.03. The van der Waals surface area contributed by atoms with E-state index in [-0.39, 0.29) is 23.6 Å². The van der Waals surface area contributed by atoms with Crippen LogP contribution in [0.1, 0.15) is 12.8 Å². The Kier molecular flexibility index (Phi) is 2.50. The minimum Gasteiger partial charge on any atom is -0.466 e. The Labute approximate surface area is 88.9 Å². The van der Waals surface area contributed by atoms with Crippen molar-refractivity contribution in [2.24, 2.45) is 11.8 Å². The van der Waals surface area contributed by atoms with Crippen LogP contribution in [-0.4, -0.2) is 37.4 Å². The van der Waals surface area contributed by atoms with Gasteiger partial charge in [0.15, 0.2) is 0 Å². The predicted molar refractivity (Wildman–Crippen MR) is 54.0 cm³/mol. The van der Waals surface area contributed by atoms with E-state index >= 15 is 0 Å². The van der Waals surface area contributed by atoms with Gasteiger partial charge in [0, 0.05) is 38.0 Å². The summed E-state index contributed by atoms with van der Waals surface area (Å²) in [6.07, 6.45) is 3.20. The van der Waals surface area contributed by atoms with Gasteiger partial charge in [-0.1, -0.05) is 0 Å². The number of fused-ring (bicyclic) bond motifs is 1. The second kappa shape index (κ2) is 3.68. The van der Waals surface area contributed by atoms with Crippen LogP contribution in [-0.2, 0) is 14.3 Å². The Balaban J connectivity index is 2.29. The lowest BCUT2D eigenvalue weighted by molar-refractivity contribution is -0.137. The van der Waals surface area contributed by atoms with Crippen molar-refractivity contribution in [3.05, 3.63) is 11.8 Å². The predicted octanol–water partition coefficient (Wildman–Crippen LogP) is 0.584. The molecule has 1 aliphatic heterocycles. The first-order chi connectivity index (χ1) is 7.13. The standard InChI is InChI=1S/C11H15NO3/c1-12-5-8-7(3-4-10(8)13)9(6-12)11(14)15-2/h6-8H,3-5H2,1-2H3/t7-,8-/m1/s1. The molecule has 1 aliphatic carbocycles. The van der Waals surface area contributed by atoms with Gasteiger partial charge in [-0.25, -0.2) is 4.79 Å². The van der Waals surface area contributed by atoms with Gasteiger partial charge in [0.1, 0.15) is 5.78 Å². The van der Waals surface area contributed by atoms with Crippen molar-refractivity contribution in [2.45, 2.75) is 12.8 Å². The highest BCUT2D eigenvalue weighted by atomic mass is 16.5. The average molecular weight is 209 g/mol. The smallest absolute Gasteiger partial charge is 0.335 e. The molecule has 82 valence electrons. The van der Waals surface area contributed by atoms with Crippen LogP contribution in [0.4, 0.5) is 0 Å². The molecule has 0 N–H and O–H groups in total. The summed E-state index contributed by atoms with van der Waals surface area (Å²) in [5.74, 6) is 0.0582. The van der Waals surface area contributed by atoms with E-state index in [1.54, 1.807) is 0 Å².